The summed E-state index contributed by atoms with van der Waals surface area (Å²) in [6, 6.07) is 8.79. The summed E-state index contributed by atoms with van der Waals surface area (Å²) in [5.41, 5.74) is 1.33. The fourth-order valence-electron chi connectivity index (χ4n) is 2.41. The molecule has 0 aliphatic heterocycles. The first-order valence-corrected chi connectivity index (χ1v) is 8.04. The molecule has 0 radical (unpaired) electrons. The molecule has 22 heavy (non-hydrogen) atoms. The normalized spacial score (nSPS) is 15.4. The molecule has 0 fully saturated rings. The lowest BCUT2D eigenvalue weighted by Crippen LogP contribution is -2.43. The second-order valence-corrected chi connectivity index (χ2v) is 5.86. The van der Waals surface area contributed by atoms with E-state index >= 15 is 0 Å². The fraction of sp³-hybridized carbons (Fsp3) is 0.500. The number of nitrogens with one attached hydrogen (secondary N) is 2. The highest BCUT2D eigenvalue weighted by Crippen LogP contribution is 2.18. The Balaban J connectivity index is 1.67. The fourth-order valence-corrected chi connectivity index (χ4v) is 2.41. The number of guanidine groups is 1. The van der Waals surface area contributed by atoms with Crippen LogP contribution in [0.1, 0.15) is 38.2 Å². The van der Waals surface area contributed by atoms with Crippen LogP contribution in [-0.2, 0) is 0 Å². The highest BCUT2D eigenvalue weighted by atomic mass is 16.5. The minimum atomic E-state index is 0.468. The van der Waals surface area contributed by atoms with Crippen molar-refractivity contribution >= 4 is 5.96 Å². The van der Waals surface area contributed by atoms with Crippen molar-refractivity contribution in [3.8, 4) is 5.75 Å². The van der Waals surface area contributed by atoms with Gasteiger partial charge in [0, 0.05) is 13.1 Å². The summed E-state index contributed by atoms with van der Waals surface area (Å²) in [6.45, 7) is 5.73. The lowest BCUT2D eigenvalue weighted by Gasteiger charge is -2.17. The first-order chi connectivity index (χ1) is 10.7. The topological polar surface area (TPSA) is 45.7 Å². The number of hydrogen-bond acceptors (Lipinski definition) is 2. The molecule has 120 valence electrons. The van der Waals surface area contributed by atoms with E-state index in [1.807, 2.05) is 12.1 Å². The maximum absolute atomic E-state index is 5.75. The van der Waals surface area contributed by atoms with E-state index in [0.29, 0.717) is 18.6 Å². The van der Waals surface area contributed by atoms with Gasteiger partial charge in [0.2, 0.25) is 0 Å². The third-order valence-electron chi connectivity index (χ3n) is 3.78. The zero-order chi connectivity index (χ0) is 15.8. The third kappa shape index (κ3) is 5.10. The van der Waals surface area contributed by atoms with Crippen molar-refractivity contribution in [3.05, 3.63) is 42.0 Å². The van der Waals surface area contributed by atoms with Gasteiger partial charge in [-0.25, -0.2) is 0 Å². The zero-order valence-corrected chi connectivity index (χ0v) is 13.8. The summed E-state index contributed by atoms with van der Waals surface area (Å²) in [6.07, 6.45) is 6.54. The van der Waals surface area contributed by atoms with Crippen LogP contribution in [0, 0.1) is 0 Å². The van der Waals surface area contributed by atoms with Crippen molar-refractivity contribution < 1.29 is 4.74 Å². The Kier molecular flexibility index (Phi) is 6.31. The molecular formula is C18H27N3O. The van der Waals surface area contributed by atoms with Gasteiger partial charge < -0.3 is 15.4 Å². The molecule has 4 heteroatoms. The van der Waals surface area contributed by atoms with Gasteiger partial charge in [0.25, 0.3) is 0 Å². The minimum Gasteiger partial charge on any atom is -0.492 e. The average Bonchev–Trinajstić information content (AvgIpc) is 3.03. The predicted molar refractivity (Wildman–Crippen MR) is 92.7 cm³/mol. The van der Waals surface area contributed by atoms with Gasteiger partial charge in [-0.1, -0.05) is 38.1 Å². The Morgan fingerprint density at radius 2 is 1.91 bits per heavy atom. The van der Waals surface area contributed by atoms with E-state index in [0.717, 1.165) is 31.1 Å². The van der Waals surface area contributed by atoms with Gasteiger partial charge in [-0.2, -0.15) is 0 Å². The van der Waals surface area contributed by atoms with E-state index in [1.165, 1.54) is 5.56 Å². The summed E-state index contributed by atoms with van der Waals surface area (Å²) in [4.78, 5) is 4.24. The van der Waals surface area contributed by atoms with E-state index in [2.05, 4.69) is 53.8 Å². The number of benzene rings is 1. The number of nitrogens with zero attached hydrogens (tertiary/aromatic N) is 1. The van der Waals surface area contributed by atoms with Gasteiger partial charge in [0.05, 0.1) is 6.54 Å². The molecule has 1 aliphatic carbocycles. The van der Waals surface area contributed by atoms with Crippen LogP contribution in [0.15, 0.2) is 41.4 Å². The van der Waals surface area contributed by atoms with Gasteiger partial charge in [-0.3, -0.25) is 4.99 Å². The Labute approximate surface area is 133 Å². The highest BCUT2D eigenvalue weighted by Gasteiger charge is 2.11. The van der Waals surface area contributed by atoms with E-state index in [4.69, 9.17) is 4.74 Å². The van der Waals surface area contributed by atoms with Crippen LogP contribution in [0.2, 0.25) is 0 Å². The van der Waals surface area contributed by atoms with Crippen LogP contribution in [0.5, 0.6) is 5.75 Å². The largest absolute Gasteiger partial charge is 0.492 e. The Hall–Kier alpha value is -1.97. The highest BCUT2D eigenvalue weighted by molar-refractivity contribution is 5.80. The molecule has 0 unspecified atom stereocenters. The molecule has 0 amide bonds. The quantitative estimate of drug-likeness (QED) is 0.367. The minimum absolute atomic E-state index is 0.468. The lowest BCUT2D eigenvalue weighted by molar-refractivity contribution is 0.321. The molecular weight excluding hydrogens is 274 g/mol. The van der Waals surface area contributed by atoms with Crippen LogP contribution >= 0.6 is 0 Å². The van der Waals surface area contributed by atoms with Crippen molar-refractivity contribution in [2.45, 2.75) is 38.6 Å². The molecule has 1 aromatic rings. The van der Waals surface area contributed by atoms with Crippen molar-refractivity contribution in [2.75, 3.05) is 20.2 Å². The molecule has 0 saturated carbocycles. The third-order valence-corrected chi connectivity index (χ3v) is 3.78. The Morgan fingerprint density at radius 1 is 1.23 bits per heavy atom. The standard InChI is InChI=1S/C18H27N3O/c1-14(2)15-8-10-17(11-9-15)22-13-12-20-18(19-3)21-16-6-4-5-7-16/h4-5,8-11,14,16H,6-7,12-13H2,1-3H3,(H2,19,20,21). The summed E-state index contributed by atoms with van der Waals surface area (Å²) in [5, 5.41) is 6.69. The van der Waals surface area contributed by atoms with Gasteiger partial charge in [-0.15, -0.1) is 0 Å². The molecule has 0 heterocycles. The van der Waals surface area contributed by atoms with Gasteiger partial charge in [0.1, 0.15) is 12.4 Å². The van der Waals surface area contributed by atoms with Crippen LogP contribution in [0.3, 0.4) is 0 Å². The number of rotatable bonds is 6. The van der Waals surface area contributed by atoms with E-state index in [1.54, 1.807) is 7.05 Å². The average molecular weight is 301 g/mol. The Bertz CT molecular complexity index is 498. The number of aliphatic imine (C=N–C) groups is 1. The molecule has 1 aliphatic rings. The second-order valence-electron chi connectivity index (χ2n) is 5.86. The summed E-state index contributed by atoms with van der Waals surface area (Å²) in [7, 11) is 1.79. The van der Waals surface area contributed by atoms with Crippen LogP contribution in [-0.4, -0.2) is 32.2 Å². The monoisotopic (exact) mass is 301 g/mol. The van der Waals surface area contributed by atoms with E-state index < -0.39 is 0 Å². The summed E-state index contributed by atoms with van der Waals surface area (Å²) < 4.78 is 5.75. The molecule has 0 aromatic heterocycles. The Morgan fingerprint density at radius 3 is 2.50 bits per heavy atom. The first-order valence-electron chi connectivity index (χ1n) is 8.04. The smallest absolute Gasteiger partial charge is 0.191 e. The molecule has 4 nitrogen and oxygen atoms in total. The second kappa shape index (κ2) is 8.47. The molecule has 1 aromatic carbocycles. The molecule has 2 rings (SSSR count). The molecule has 0 spiro atoms. The van der Waals surface area contributed by atoms with Gasteiger partial charge in [-0.05, 0) is 36.5 Å². The molecule has 2 N–H and O–H groups in total. The van der Waals surface area contributed by atoms with Gasteiger partial charge >= 0.3 is 0 Å². The first kappa shape index (κ1) is 16.4. The summed E-state index contributed by atoms with van der Waals surface area (Å²) >= 11 is 0. The van der Waals surface area contributed by atoms with E-state index in [-0.39, 0.29) is 0 Å². The van der Waals surface area contributed by atoms with E-state index in [9.17, 15) is 0 Å². The lowest BCUT2D eigenvalue weighted by atomic mass is 10.0. The zero-order valence-electron chi connectivity index (χ0n) is 13.8. The predicted octanol–water partition coefficient (Wildman–Crippen LogP) is 3.07. The number of ether oxygens (including phenoxy) is 1. The molecule has 0 atom stereocenters. The van der Waals surface area contributed by atoms with Crippen LogP contribution in [0.4, 0.5) is 0 Å². The van der Waals surface area contributed by atoms with Crippen LogP contribution in [0.25, 0.3) is 0 Å². The maximum Gasteiger partial charge on any atom is 0.191 e. The number of hydrogen-bond donors (Lipinski definition) is 2. The van der Waals surface area contributed by atoms with Crippen molar-refractivity contribution in [2.24, 2.45) is 4.99 Å². The van der Waals surface area contributed by atoms with Crippen LogP contribution < -0.4 is 15.4 Å². The molecule has 0 bridgehead atoms. The van der Waals surface area contributed by atoms with Crippen molar-refractivity contribution in [3.63, 3.8) is 0 Å². The van der Waals surface area contributed by atoms with Gasteiger partial charge in [0.15, 0.2) is 5.96 Å². The summed E-state index contributed by atoms with van der Waals surface area (Å²) in [5.74, 6) is 2.30. The maximum atomic E-state index is 5.75. The van der Waals surface area contributed by atoms with Crippen molar-refractivity contribution in [1.29, 1.82) is 0 Å². The molecule has 0 saturated heterocycles. The SMILES string of the molecule is CN=C(NCCOc1ccc(C(C)C)cc1)NC1CC=CC1. The van der Waals surface area contributed by atoms with Crippen molar-refractivity contribution in [1.82, 2.24) is 10.6 Å².